The van der Waals surface area contributed by atoms with Gasteiger partial charge in [-0.15, -0.1) is 0 Å². The molecule has 2 N–H and O–H groups in total. The standard InChI is InChI=1S/C9H17NO3/c1-7(5-11)10-9(12)8-3-2-4-13-6-8/h7-8,11H,2-6H2,1H3,(H,10,12). The molecule has 4 nitrogen and oxygen atoms in total. The van der Waals surface area contributed by atoms with Crippen molar-refractivity contribution >= 4 is 5.91 Å². The molecule has 1 aliphatic rings. The lowest BCUT2D eigenvalue weighted by atomic mass is 10.0. The minimum Gasteiger partial charge on any atom is -0.394 e. The molecule has 0 radical (unpaired) electrons. The van der Waals surface area contributed by atoms with Gasteiger partial charge in [-0.3, -0.25) is 4.79 Å². The zero-order valence-corrected chi connectivity index (χ0v) is 7.95. The lowest BCUT2D eigenvalue weighted by Gasteiger charge is -2.22. The van der Waals surface area contributed by atoms with Crippen LogP contribution in [0.1, 0.15) is 19.8 Å². The number of carbonyl (C=O) groups excluding carboxylic acids is 1. The quantitative estimate of drug-likeness (QED) is 0.649. The number of rotatable bonds is 3. The second-order valence-electron chi connectivity index (χ2n) is 3.51. The molecule has 1 amide bonds. The highest BCUT2D eigenvalue weighted by Crippen LogP contribution is 2.13. The second-order valence-corrected chi connectivity index (χ2v) is 3.51. The van der Waals surface area contributed by atoms with E-state index < -0.39 is 0 Å². The fourth-order valence-electron chi connectivity index (χ4n) is 1.35. The SMILES string of the molecule is CC(CO)NC(=O)C1CCCOC1. The Hall–Kier alpha value is -0.610. The van der Waals surface area contributed by atoms with Gasteiger partial charge in [0.05, 0.1) is 19.1 Å². The number of aliphatic hydroxyl groups excluding tert-OH is 1. The van der Waals surface area contributed by atoms with E-state index in [9.17, 15) is 4.79 Å². The van der Waals surface area contributed by atoms with Gasteiger partial charge in [-0.25, -0.2) is 0 Å². The zero-order valence-electron chi connectivity index (χ0n) is 7.95. The molecule has 2 atom stereocenters. The molecule has 0 bridgehead atoms. The van der Waals surface area contributed by atoms with Crippen molar-refractivity contribution in [3.63, 3.8) is 0 Å². The summed E-state index contributed by atoms with van der Waals surface area (Å²) in [6.07, 6.45) is 1.84. The smallest absolute Gasteiger partial charge is 0.225 e. The number of nitrogens with one attached hydrogen (secondary N) is 1. The van der Waals surface area contributed by atoms with Crippen molar-refractivity contribution in [3.05, 3.63) is 0 Å². The van der Waals surface area contributed by atoms with Crippen molar-refractivity contribution in [2.75, 3.05) is 19.8 Å². The molecule has 2 unspecified atom stereocenters. The molecule has 0 saturated carbocycles. The Morgan fingerprint density at radius 1 is 1.77 bits per heavy atom. The van der Waals surface area contributed by atoms with Crippen LogP contribution in [-0.4, -0.2) is 36.9 Å². The van der Waals surface area contributed by atoms with Crippen LogP contribution in [0.5, 0.6) is 0 Å². The third kappa shape index (κ3) is 3.32. The largest absolute Gasteiger partial charge is 0.394 e. The maximum Gasteiger partial charge on any atom is 0.225 e. The van der Waals surface area contributed by atoms with E-state index in [1.807, 2.05) is 0 Å². The molecule has 1 saturated heterocycles. The Morgan fingerprint density at radius 2 is 2.54 bits per heavy atom. The Balaban J connectivity index is 2.29. The molecule has 0 spiro atoms. The fourth-order valence-corrected chi connectivity index (χ4v) is 1.35. The van der Waals surface area contributed by atoms with Crippen molar-refractivity contribution in [1.82, 2.24) is 5.32 Å². The molecule has 13 heavy (non-hydrogen) atoms. The molecule has 1 heterocycles. The van der Waals surface area contributed by atoms with Crippen LogP contribution in [-0.2, 0) is 9.53 Å². The molecule has 1 rings (SSSR count). The number of ether oxygens (including phenoxy) is 1. The topological polar surface area (TPSA) is 58.6 Å². The average Bonchev–Trinajstić information content (AvgIpc) is 2.19. The van der Waals surface area contributed by atoms with E-state index in [1.165, 1.54) is 0 Å². The molecule has 1 fully saturated rings. The molecular formula is C9H17NO3. The molecule has 0 aromatic heterocycles. The van der Waals surface area contributed by atoms with Gasteiger partial charge in [0.15, 0.2) is 0 Å². The second kappa shape index (κ2) is 5.19. The summed E-state index contributed by atoms with van der Waals surface area (Å²) in [6.45, 7) is 3.05. The number of carbonyl (C=O) groups is 1. The molecule has 0 aromatic rings. The van der Waals surface area contributed by atoms with Crippen LogP contribution in [0, 0.1) is 5.92 Å². The minimum absolute atomic E-state index is 0.00116. The van der Waals surface area contributed by atoms with Gasteiger partial charge in [-0.05, 0) is 19.8 Å². The summed E-state index contributed by atoms with van der Waals surface area (Å²) < 4.78 is 5.20. The van der Waals surface area contributed by atoms with Crippen LogP contribution in [0.2, 0.25) is 0 Å². The molecular weight excluding hydrogens is 170 g/mol. The maximum absolute atomic E-state index is 11.5. The van der Waals surface area contributed by atoms with Gasteiger partial charge in [0, 0.05) is 12.6 Å². The van der Waals surface area contributed by atoms with Gasteiger partial charge in [0.25, 0.3) is 0 Å². The molecule has 0 aromatic carbocycles. The summed E-state index contributed by atoms with van der Waals surface area (Å²) in [5.74, 6) is -0.0241. The highest BCUT2D eigenvalue weighted by Gasteiger charge is 2.22. The predicted molar refractivity (Wildman–Crippen MR) is 48.2 cm³/mol. The van der Waals surface area contributed by atoms with Crippen molar-refractivity contribution < 1.29 is 14.6 Å². The van der Waals surface area contributed by atoms with Gasteiger partial charge in [-0.2, -0.15) is 0 Å². The summed E-state index contributed by atoms with van der Waals surface area (Å²) in [4.78, 5) is 11.5. The first-order chi connectivity index (χ1) is 6.24. The molecule has 1 aliphatic heterocycles. The van der Waals surface area contributed by atoms with Crippen molar-refractivity contribution in [2.24, 2.45) is 5.92 Å². The first-order valence-corrected chi connectivity index (χ1v) is 4.73. The van der Waals surface area contributed by atoms with Crippen LogP contribution < -0.4 is 5.32 Å². The van der Waals surface area contributed by atoms with Crippen LogP contribution in [0.15, 0.2) is 0 Å². The molecule has 76 valence electrons. The zero-order chi connectivity index (χ0) is 9.68. The van der Waals surface area contributed by atoms with Crippen molar-refractivity contribution in [1.29, 1.82) is 0 Å². The van der Waals surface area contributed by atoms with E-state index >= 15 is 0 Å². The number of hydrogen-bond acceptors (Lipinski definition) is 3. The van der Waals surface area contributed by atoms with Crippen molar-refractivity contribution in [3.8, 4) is 0 Å². The van der Waals surface area contributed by atoms with E-state index in [0.717, 1.165) is 19.4 Å². The summed E-state index contributed by atoms with van der Waals surface area (Å²) >= 11 is 0. The molecule has 4 heteroatoms. The number of hydrogen-bond donors (Lipinski definition) is 2. The maximum atomic E-state index is 11.5. The van der Waals surface area contributed by atoms with E-state index in [2.05, 4.69) is 5.32 Å². The van der Waals surface area contributed by atoms with Crippen LogP contribution >= 0.6 is 0 Å². The predicted octanol–water partition coefficient (Wildman–Crippen LogP) is -0.0900. The van der Waals surface area contributed by atoms with Crippen molar-refractivity contribution in [2.45, 2.75) is 25.8 Å². The average molecular weight is 187 g/mol. The fraction of sp³-hybridized carbons (Fsp3) is 0.889. The van der Waals surface area contributed by atoms with Gasteiger partial charge in [0.2, 0.25) is 5.91 Å². The first-order valence-electron chi connectivity index (χ1n) is 4.73. The number of aliphatic hydroxyl groups is 1. The van der Waals surface area contributed by atoms with E-state index in [0.29, 0.717) is 6.61 Å². The lowest BCUT2D eigenvalue weighted by Crippen LogP contribution is -2.41. The highest BCUT2D eigenvalue weighted by molar-refractivity contribution is 5.79. The third-order valence-electron chi connectivity index (χ3n) is 2.19. The van der Waals surface area contributed by atoms with Gasteiger partial charge < -0.3 is 15.2 Å². The lowest BCUT2D eigenvalue weighted by molar-refractivity contribution is -0.129. The molecule has 0 aliphatic carbocycles. The Kier molecular flexibility index (Phi) is 4.18. The first kappa shape index (κ1) is 10.5. The summed E-state index contributed by atoms with van der Waals surface area (Å²) in [7, 11) is 0. The van der Waals surface area contributed by atoms with Gasteiger partial charge in [-0.1, -0.05) is 0 Å². The third-order valence-corrected chi connectivity index (χ3v) is 2.19. The number of amides is 1. The van der Waals surface area contributed by atoms with Gasteiger partial charge in [0.1, 0.15) is 0 Å². The van der Waals surface area contributed by atoms with Gasteiger partial charge >= 0.3 is 0 Å². The summed E-state index contributed by atoms with van der Waals surface area (Å²) in [6, 6.07) is -0.158. The summed E-state index contributed by atoms with van der Waals surface area (Å²) in [5.41, 5.74) is 0. The van der Waals surface area contributed by atoms with E-state index in [-0.39, 0.29) is 24.5 Å². The minimum atomic E-state index is -0.158. The summed E-state index contributed by atoms with van der Waals surface area (Å²) in [5, 5.41) is 11.5. The monoisotopic (exact) mass is 187 g/mol. The van der Waals surface area contributed by atoms with Crippen LogP contribution in [0.4, 0.5) is 0 Å². The van der Waals surface area contributed by atoms with Crippen LogP contribution in [0.25, 0.3) is 0 Å². The van der Waals surface area contributed by atoms with Crippen LogP contribution in [0.3, 0.4) is 0 Å². The normalized spacial score (nSPS) is 25.2. The Bertz CT molecular complexity index is 166. The highest BCUT2D eigenvalue weighted by atomic mass is 16.5. The Morgan fingerprint density at radius 3 is 3.08 bits per heavy atom. The van der Waals surface area contributed by atoms with E-state index in [4.69, 9.17) is 9.84 Å². The Labute approximate surface area is 78.3 Å². The van der Waals surface area contributed by atoms with E-state index in [1.54, 1.807) is 6.92 Å².